The lowest BCUT2D eigenvalue weighted by molar-refractivity contribution is 0.309. The molecule has 16 heavy (non-hydrogen) atoms. The number of ether oxygens (including phenoxy) is 2. The fraction of sp³-hybridized carbons (Fsp3) is 0.400. The highest BCUT2D eigenvalue weighted by atomic mass is 32.3. The van der Waals surface area contributed by atoms with E-state index in [0.717, 1.165) is 0 Å². The molecule has 0 bridgehead atoms. The van der Waals surface area contributed by atoms with Crippen molar-refractivity contribution in [1.82, 2.24) is 0 Å². The molecule has 0 saturated carbocycles. The summed E-state index contributed by atoms with van der Waals surface area (Å²) in [6.45, 7) is 2.21. The molecule has 1 aromatic carbocycles. The highest BCUT2D eigenvalue weighted by molar-refractivity contribution is 7.85. The van der Waals surface area contributed by atoms with Crippen molar-refractivity contribution in [1.29, 1.82) is 0 Å². The second-order valence-electron chi connectivity index (χ2n) is 3.06. The van der Waals surface area contributed by atoms with E-state index in [2.05, 4.69) is 0 Å². The Hall–Kier alpha value is -1.30. The molecule has 1 aromatic rings. The minimum absolute atomic E-state index is 0.246. The van der Waals surface area contributed by atoms with Crippen molar-refractivity contribution in [2.45, 2.75) is 12.7 Å². The van der Waals surface area contributed by atoms with Gasteiger partial charge in [-0.1, -0.05) is 12.1 Å². The Labute approximate surface area is 94.2 Å². The Morgan fingerprint density at radius 3 is 2.56 bits per heavy atom. The summed E-state index contributed by atoms with van der Waals surface area (Å²) in [5.41, 5.74) is 0.246. The predicted molar refractivity (Wildman–Crippen MR) is 57.9 cm³/mol. The summed E-state index contributed by atoms with van der Waals surface area (Å²) in [5, 5.41) is 0. The Balaban J connectivity index is 3.13. The van der Waals surface area contributed by atoms with Crippen LogP contribution in [-0.2, 0) is 16.0 Å². The highest BCUT2D eigenvalue weighted by Crippen LogP contribution is 2.32. The fourth-order valence-electron chi connectivity index (χ4n) is 1.36. The SMILES string of the molecule is CCOc1cccc(CS(=O)(=O)F)c1OC. The maximum absolute atomic E-state index is 12.6. The predicted octanol–water partition coefficient (Wildman–Crippen LogP) is 1.89. The van der Waals surface area contributed by atoms with Crippen molar-refractivity contribution < 1.29 is 21.8 Å². The van der Waals surface area contributed by atoms with Crippen LogP contribution in [0.4, 0.5) is 3.89 Å². The third-order valence-electron chi connectivity index (χ3n) is 1.89. The summed E-state index contributed by atoms with van der Waals surface area (Å²) < 4.78 is 44.0. The molecule has 90 valence electrons. The molecule has 1 rings (SSSR count). The van der Waals surface area contributed by atoms with E-state index in [0.29, 0.717) is 12.4 Å². The number of para-hydroxylation sites is 1. The summed E-state index contributed by atoms with van der Waals surface area (Å²) in [4.78, 5) is 0. The molecule has 0 amide bonds. The van der Waals surface area contributed by atoms with Crippen LogP contribution >= 0.6 is 0 Å². The molecular weight excluding hydrogens is 235 g/mol. The molecule has 0 aliphatic heterocycles. The van der Waals surface area contributed by atoms with Crippen LogP contribution in [0.1, 0.15) is 12.5 Å². The third-order valence-corrected chi connectivity index (χ3v) is 2.55. The first-order valence-corrected chi connectivity index (χ1v) is 6.24. The number of hydrogen-bond acceptors (Lipinski definition) is 4. The van der Waals surface area contributed by atoms with Gasteiger partial charge in [-0.2, -0.15) is 8.42 Å². The van der Waals surface area contributed by atoms with E-state index in [1.54, 1.807) is 19.1 Å². The van der Waals surface area contributed by atoms with Gasteiger partial charge < -0.3 is 9.47 Å². The Morgan fingerprint density at radius 1 is 1.38 bits per heavy atom. The maximum Gasteiger partial charge on any atom is 0.306 e. The van der Waals surface area contributed by atoms with Crippen LogP contribution in [-0.4, -0.2) is 22.1 Å². The lowest BCUT2D eigenvalue weighted by Crippen LogP contribution is -2.02. The molecule has 0 aliphatic carbocycles. The molecule has 4 nitrogen and oxygen atoms in total. The van der Waals surface area contributed by atoms with Gasteiger partial charge in [0, 0.05) is 5.56 Å². The summed E-state index contributed by atoms with van der Waals surface area (Å²) in [6.07, 6.45) is 0. The van der Waals surface area contributed by atoms with Gasteiger partial charge in [0.05, 0.1) is 13.7 Å². The van der Waals surface area contributed by atoms with Crippen molar-refractivity contribution >= 4 is 10.2 Å². The van der Waals surface area contributed by atoms with E-state index in [1.807, 2.05) is 0 Å². The number of hydrogen-bond donors (Lipinski definition) is 0. The molecule has 0 aliphatic rings. The Kier molecular flexibility index (Phi) is 4.12. The van der Waals surface area contributed by atoms with Gasteiger partial charge in [0.1, 0.15) is 5.75 Å². The molecule has 0 N–H and O–H groups in total. The standard InChI is InChI=1S/C10H13FO4S/c1-3-15-9-6-4-5-8(10(9)14-2)7-16(11,12)13/h4-6H,3,7H2,1-2H3. The molecule has 0 fully saturated rings. The zero-order valence-corrected chi connectivity index (χ0v) is 9.88. The van der Waals surface area contributed by atoms with Gasteiger partial charge in [-0.25, -0.2) is 0 Å². The van der Waals surface area contributed by atoms with E-state index in [1.165, 1.54) is 13.2 Å². The molecule has 0 heterocycles. The molecule has 0 aromatic heterocycles. The van der Waals surface area contributed by atoms with Crippen LogP contribution in [0.3, 0.4) is 0 Å². The average molecular weight is 248 g/mol. The van der Waals surface area contributed by atoms with E-state index in [4.69, 9.17) is 9.47 Å². The minimum atomic E-state index is -4.58. The summed E-state index contributed by atoms with van der Waals surface area (Å²) >= 11 is 0. The maximum atomic E-state index is 12.6. The second kappa shape index (κ2) is 5.16. The zero-order chi connectivity index (χ0) is 12.2. The average Bonchev–Trinajstić information content (AvgIpc) is 2.16. The largest absolute Gasteiger partial charge is 0.493 e. The van der Waals surface area contributed by atoms with Gasteiger partial charge in [0.15, 0.2) is 11.5 Å². The van der Waals surface area contributed by atoms with Crippen LogP contribution in [0.2, 0.25) is 0 Å². The smallest absolute Gasteiger partial charge is 0.306 e. The molecule has 0 saturated heterocycles. The molecular formula is C10H13FO4S. The molecule has 0 unspecified atom stereocenters. The number of benzene rings is 1. The van der Waals surface area contributed by atoms with Crippen LogP contribution in [0.25, 0.3) is 0 Å². The minimum Gasteiger partial charge on any atom is -0.493 e. The van der Waals surface area contributed by atoms with Crippen LogP contribution in [0.5, 0.6) is 11.5 Å². The number of rotatable bonds is 5. The quantitative estimate of drug-likeness (QED) is 0.747. The summed E-state index contributed by atoms with van der Waals surface area (Å²) in [5.74, 6) is -0.0476. The van der Waals surface area contributed by atoms with Gasteiger partial charge in [0.25, 0.3) is 0 Å². The molecule has 6 heteroatoms. The molecule has 0 atom stereocenters. The lowest BCUT2D eigenvalue weighted by Gasteiger charge is -2.12. The fourth-order valence-corrected chi connectivity index (χ4v) is 1.96. The van der Waals surface area contributed by atoms with E-state index >= 15 is 0 Å². The van der Waals surface area contributed by atoms with Crippen LogP contribution in [0, 0.1) is 0 Å². The van der Waals surface area contributed by atoms with E-state index in [9.17, 15) is 12.3 Å². The van der Waals surface area contributed by atoms with Crippen molar-refractivity contribution in [2.24, 2.45) is 0 Å². The van der Waals surface area contributed by atoms with Crippen molar-refractivity contribution in [2.75, 3.05) is 13.7 Å². The van der Waals surface area contributed by atoms with Crippen LogP contribution < -0.4 is 9.47 Å². The van der Waals surface area contributed by atoms with Crippen molar-refractivity contribution in [3.63, 3.8) is 0 Å². The van der Waals surface area contributed by atoms with E-state index in [-0.39, 0.29) is 11.3 Å². The number of halogens is 1. The van der Waals surface area contributed by atoms with Crippen molar-refractivity contribution in [3.8, 4) is 11.5 Å². The topological polar surface area (TPSA) is 52.6 Å². The summed E-state index contributed by atoms with van der Waals surface area (Å²) in [7, 11) is -3.20. The normalized spacial score (nSPS) is 11.2. The van der Waals surface area contributed by atoms with Crippen molar-refractivity contribution in [3.05, 3.63) is 23.8 Å². The first-order chi connectivity index (χ1) is 7.48. The summed E-state index contributed by atoms with van der Waals surface area (Å²) in [6, 6.07) is 4.71. The van der Waals surface area contributed by atoms with Crippen LogP contribution in [0.15, 0.2) is 18.2 Å². The van der Waals surface area contributed by atoms with Gasteiger partial charge in [-0.15, -0.1) is 3.89 Å². The van der Waals surface area contributed by atoms with Gasteiger partial charge in [-0.05, 0) is 13.0 Å². The number of methoxy groups -OCH3 is 1. The highest BCUT2D eigenvalue weighted by Gasteiger charge is 2.16. The zero-order valence-electron chi connectivity index (χ0n) is 9.07. The first kappa shape index (κ1) is 12.8. The van der Waals surface area contributed by atoms with Gasteiger partial charge >= 0.3 is 10.2 Å². The second-order valence-corrected chi connectivity index (χ2v) is 4.43. The van der Waals surface area contributed by atoms with Gasteiger partial charge in [-0.3, -0.25) is 0 Å². The Bertz CT molecular complexity index is 456. The molecule has 0 radical (unpaired) electrons. The van der Waals surface area contributed by atoms with Gasteiger partial charge in [0.2, 0.25) is 0 Å². The van der Waals surface area contributed by atoms with E-state index < -0.39 is 16.0 Å². The third kappa shape index (κ3) is 3.37. The first-order valence-electron chi connectivity index (χ1n) is 4.69. The monoisotopic (exact) mass is 248 g/mol. The Morgan fingerprint density at radius 2 is 2.06 bits per heavy atom. The lowest BCUT2D eigenvalue weighted by atomic mass is 10.2. The molecule has 0 spiro atoms.